The van der Waals surface area contributed by atoms with Gasteiger partial charge in [-0.25, -0.2) is 0 Å². The molecule has 2 heterocycles. The molecule has 0 saturated carbocycles. The number of rotatable bonds is 4. The summed E-state index contributed by atoms with van der Waals surface area (Å²) >= 11 is 1.74. The largest absolute Gasteiger partial charge is 0.320 e. The first-order valence-corrected chi connectivity index (χ1v) is 8.64. The highest BCUT2D eigenvalue weighted by Crippen LogP contribution is 2.23. The number of hydrogen-bond donors (Lipinski definition) is 3. The van der Waals surface area contributed by atoms with Crippen molar-refractivity contribution in [1.82, 2.24) is 10.9 Å². The van der Waals surface area contributed by atoms with E-state index in [0.717, 1.165) is 19.4 Å². The molecule has 5 nitrogen and oxygen atoms in total. The van der Waals surface area contributed by atoms with Crippen LogP contribution in [0.2, 0.25) is 0 Å². The maximum absolute atomic E-state index is 12.1. The molecule has 1 fully saturated rings. The van der Waals surface area contributed by atoms with Gasteiger partial charge in [-0.1, -0.05) is 24.3 Å². The molecule has 0 spiro atoms. The van der Waals surface area contributed by atoms with Crippen LogP contribution in [0.15, 0.2) is 47.8 Å². The van der Waals surface area contributed by atoms with Crippen LogP contribution in [-0.2, 0) is 4.79 Å². The molecule has 2 amide bonds. The minimum absolute atomic E-state index is 0.160. The number of likely N-dealkylation sites (tertiary alicyclic amines) is 1. The van der Waals surface area contributed by atoms with E-state index in [9.17, 15) is 9.59 Å². The summed E-state index contributed by atoms with van der Waals surface area (Å²) in [6, 6.07) is 13.4. The van der Waals surface area contributed by atoms with E-state index in [4.69, 9.17) is 0 Å². The first-order chi connectivity index (χ1) is 11.2. The Morgan fingerprint density at radius 1 is 1.13 bits per heavy atom. The van der Waals surface area contributed by atoms with E-state index in [1.54, 1.807) is 35.6 Å². The summed E-state index contributed by atoms with van der Waals surface area (Å²) in [5, 5.41) is 2.07. The Labute approximate surface area is 139 Å². The number of amides is 2. The minimum Gasteiger partial charge on any atom is -0.320 e. The van der Waals surface area contributed by atoms with Gasteiger partial charge >= 0.3 is 0 Å². The molecule has 1 saturated heterocycles. The van der Waals surface area contributed by atoms with Crippen LogP contribution in [0, 0.1) is 0 Å². The van der Waals surface area contributed by atoms with E-state index < -0.39 is 0 Å². The number of carbonyl (C=O) groups excluding carboxylic acids is 2. The van der Waals surface area contributed by atoms with Gasteiger partial charge in [0.2, 0.25) is 0 Å². The van der Waals surface area contributed by atoms with Gasteiger partial charge < -0.3 is 4.90 Å². The summed E-state index contributed by atoms with van der Waals surface area (Å²) in [7, 11) is 0. The lowest BCUT2D eigenvalue weighted by Crippen LogP contribution is -3.11. The summed E-state index contributed by atoms with van der Waals surface area (Å²) in [5.74, 6) is -0.460. The molecule has 3 rings (SSSR count). The molecule has 6 heteroatoms. The van der Waals surface area contributed by atoms with Crippen molar-refractivity contribution in [2.45, 2.75) is 18.9 Å². The molecular formula is C17H20N3O2S+. The van der Waals surface area contributed by atoms with Crippen molar-refractivity contribution in [3.05, 3.63) is 58.3 Å². The fourth-order valence-electron chi connectivity index (χ4n) is 2.99. The van der Waals surface area contributed by atoms with Crippen LogP contribution < -0.4 is 15.8 Å². The summed E-state index contributed by atoms with van der Waals surface area (Å²) in [4.78, 5) is 26.6. The van der Waals surface area contributed by atoms with Crippen molar-refractivity contribution in [2.24, 2.45) is 0 Å². The molecule has 120 valence electrons. The first-order valence-electron chi connectivity index (χ1n) is 7.76. The Balaban J connectivity index is 1.50. The van der Waals surface area contributed by atoms with E-state index >= 15 is 0 Å². The molecule has 1 aliphatic rings. The molecule has 1 unspecified atom stereocenters. The van der Waals surface area contributed by atoms with Gasteiger partial charge in [0.25, 0.3) is 11.8 Å². The molecule has 23 heavy (non-hydrogen) atoms. The van der Waals surface area contributed by atoms with Crippen molar-refractivity contribution < 1.29 is 14.5 Å². The van der Waals surface area contributed by atoms with Gasteiger partial charge in [-0.2, -0.15) is 0 Å². The number of quaternary nitrogens is 1. The van der Waals surface area contributed by atoms with Crippen LogP contribution in [0.1, 0.15) is 34.1 Å². The third-order valence-corrected chi connectivity index (χ3v) is 5.10. The van der Waals surface area contributed by atoms with Crippen LogP contribution in [0.4, 0.5) is 0 Å². The summed E-state index contributed by atoms with van der Waals surface area (Å²) in [5.41, 5.74) is 5.52. The standard InChI is InChI=1S/C17H19N3O2S/c21-16(18-19-17(22)13-6-2-1-3-7-13)12-20-10-4-8-14(20)15-9-5-11-23-15/h1-3,5-7,9,11,14H,4,8,10,12H2,(H,18,21)(H,19,22)/p+1/t14-/m1/s1. The van der Waals surface area contributed by atoms with E-state index in [1.807, 2.05) is 6.07 Å². The van der Waals surface area contributed by atoms with Crippen molar-refractivity contribution in [1.29, 1.82) is 0 Å². The van der Waals surface area contributed by atoms with Crippen molar-refractivity contribution in [2.75, 3.05) is 13.1 Å². The quantitative estimate of drug-likeness (QED) is 0.730. The smallest absolute Gasteiger partial charge is 0.293 e. The van der Waals surface area contributed by atoms with Crippen LogP contribution in [0.25, 0.3) is 0 Å². The van der Waals surface area contributed by atoms with Gasteiger partial charge in [-0.05, 0) is 23.6 Å². The van der Waals surface area contributed by atoms with Crippen LogP contribution in [0.5, 0.6) is 0 Å². The monoisotopic (exact) mass is 330 g/mol. The average molecular weight is 330 g/mol. The summed E-state index contributed by atoms with van der Waals surface area (Å²) in [6.45, 7) is 1.36. The highest BCUT2D eigenvalue weighted by atomic mass is 32.1. The molecule has 2 aromatic rings. The molecule has 1 aromatic carbocycles. The third kappa shape index (κ3) is 3.97. The van der Waals surface area contributed by atoms with E-state index in [0.29, 0.717) is 18.2 Å². The minimum atomic E-state index is -0.301. The second-order valence-corrected chi connectivity index (χ2v) is 6.64. The number of carbonyl (C=O) groups is 2. The molecule has 0 radical (unpaired) electrons. The maximum atomic E-state index is 12.1. The average Bonchev–Trinajstić information content (AvgIpc) is 3.24. The van der Waals surface area contributed by atoms with E-state index in [1.165, 1.54) is 9.78 Å². The Kier molecular flexibility index (Phi) is 5.05. The lowest BCUT2D eigenvalue weighted by molar-refractivity contribution is -0.910. The molecule has 1 aliphatic heterocycles. The third-order valence-electron chi connectivity index (χ3n) is 4.11. The topological polar surface area (TPSA) is 62.6 Å². The SMILES string of the molecule is O=C(C[NH+]1CCC[C@@H]1c1cccs1)NNC(=O)c1ccccc1. The highest BCUT2D eigenvalue weighted by molar-refractivity contribution is 7.10. The lowest BCUT2D eigenvalue weighted by Gasteiger charge is -2.20. The van der Waals surface area contributed by atoms with E-state index in [-0.39, 0.29) is 11.8 Å². The van der Waals surface area contributed by atoms with Gasteiger partial charge in [0.1, 0.15) is 6.04 Å². The number of benzene rings is 1. The molecule has 0 bridgehead atoms. The Hall–Kier alpha value is -2.18. The van der Waals surface area contributed by atoms with E-state index in [2.05, 4.69) is 28.4 Å². The summed E-state index contributed by atoms with van der Waals surface area (Å²) < 4.78 is 0. The molecular weight excluding hydrogens is 310 g/mol. The second-order valence-electron chi connectivity index (χ2n) is 5.66. The number of nitrogens with one attached hydrogen (secondary N) is 3. The van der Waals surface area contributed by atoms with Crippen molar-refractivity contribution >= 4 is 23.2 Å². The summed E-state index contributed by atoms with van der Waals surface area (Å²) in [6.07, 6.45) is 2.24. The predicted octanol–water partition coefficient (Wildman–Crippen LogP) is 0.929. The van der Waals surface area contributed by atoms with Gasteiger partial charge in [0.05, 0.1) is 11.4 Å². The van der Waals surface area contributed by atoms with Crippen LogP contribution in [0.3, 0.4) is 0 Å². The Morgan fingerprint density at radius 2 is 1.96 bits per heavy atom. The van der Waals surface area contributed by atoms with Gasteiger partial charge in [0.15, 0.2) is 6.54 Å². The number of thiophene rings is 1. The zero-order chi connectivity index (χ0) is 16.1. The maximum Gasteiger partial charge on any atom is 0.293 e. The molecule has 3 N–H and O–H groups in total. The van der Waals surface area contributed by atoms with Gasteiger partial charge in [-0.3, -0.25) is 20.4 Å². The predicted molar refractivity (Wildman–Crippen MR) is 89.0 cm³/mol. The normalized spacial score (nSPS) is 20.2. The highest BCUT2D eigenvalue weighted by Gasteiger charge is 2.32. The van der Waals surface area contributed by atoms with Crippen molar-refractivity contribution in [3.63, 3.8) is 0 Å². The second kappa shape index (κ2) is 7.39. The zero-order valence-corrected chi connectivity index (χ0v) is 13.6. The van der Waals surface area contributed by atoms with Crippen LogP contribution >= 0.6 is 11.3 Å². The Bertz CT molecular complexity index is 658. The number of hydrazine groups is 1. The first kappa shape index (κ1) is 15.7. The zero-order valence-electron chi connectivity index (χ0n) is 12.7. The molecule has 0 aliphatic carbocycles. The van der Waals surface area contributed by atoms with Crippen LogP contribution in [-0.4, -0.2) is 24.9 Å². The molecule has 1 aromatic heterocycles. The van der Waals surface area contributed by atoms with Gasteiger partial charge in [0, 0.05) is 18.4 Å². The lowest BCUT2D eigenvalue weighted by atomic mass is 10.2. The fourth-order valence-corrected chi connectivity index (χ4v) is 3.91. The molecule has 2 atom stereocenters. The number of hydrogen-bond acceptors (Lipinski definition) is 3. The van der Waals surface area contributed by atoms with Crippen molar-refractivity contribution in [3.8, 4) is 0 Å². The Morgan fingerprint density at radius 3 is 2.70 bits per heavy atom. The van der Waals surface area contributed by atoms with Gasteiger partial charge in [-0.15, -0.1) is 11.3 Å². The fraction of sp³-hybridized carbons (Fsp3) is 0.294.